The lowest BCUT2D eigenvalue weighted by Gasteiger charge is -2.27. The minimum atomic E-state index is -0.924. The zero-order valence-electron chi connectivity index (χ0n) is 10.9. The molecule has 0 saturated heterocycles. The summed E-state index contributed by atoms with van der Waals surface area (Å²) < 4.78 is 26.2. The number of rotatable bonds is 3. The van der Waals surface area contributed by atoms with Crippen LogP contribution in [-0.4, -0.2) is 12.5 Å². The largest absolute Gasteiger partial charge is 0.312 e. The Balaban J connectivity index is 2.20. The highest BCUT2D eigenvalue weighted by Gasteiger charge is 2.24. The van der Waals surface area contributed by atoms with Gasteiger partial charge in [-0.25, -0.2) is 8.78 Å². The third kappa shape index (κ3) is 3.00. The molecule has 1 aliphatic rings. The van der Waals surface area contributed by atoms with Gasteiger partial charge in [0.2, 0.25) is 5.91 Å². The van der Waals surface area contributed by atoms with E-state index in [1.54, 1.807) is 0 Å². The molecular formula is C15H17F2NO. The number of benzene rings is 1. The zero-order chi connectivity index (χ0) is 13.8. The summed E-state index contributed by atoms with van der Waals surface area (Å²) in [7, 11) is 0. The Kier molecular flexibility index (Phi) is 4.30. The van der Waals surface area contributed by atoms with Crippen molar-refractivity contribution in [3.05, 3.63) is 42.0 Å². The van der Waals surface area contributed by atoms with Crippen molar-refractivity contribution in [3.63, 3.8) is 0 Å². The van der Waals surface area contributed by atoms with Gasteiger partial charge < -0.3 is 4.90 Å². The summed E-state index contributed by atoms with van der Waals surface area (Å²) in [6.07, 6.45) is 6.50. The first kappa shape index (κ1) is 13.7. The number of halogens is 2. The van der Waals surface area contributed by atoms with Crippen molar-refractivity contribution in [1.82, 2.24) is 0 Å². The molecule has 0 spiro atoms. The molecule has 0 N–H and O–H groups in total. The van der Waals surface area contributed by atoms with Crippen molar-refractivity contribution in [1.29, 1.82) is 0 Å². The lowest BCUT2D eigenvalue weighted by molar-refractivity contribution is -0.122. The maximum absolute atomic E-state index is 13.3. The van der Waals surface area contributed by atoms with Gasteiger partial charge in [0, 0.05) is 24.2 Å². The van der Waals surface area contributed by atoms with Crippen molar-refractivity contribution in [3.8, 4) is 0 Å². The van der Waals surface area contributed by atoms with Crippen LogP contribution in [0.3, 0.4) is 0 Å². The number of nitrogens with zero attached hydrogens (tertiary/aromatic N) is 1. The van der Waals surface area contributed by atoms with E-state index in [0.29, 0.717) is 12.2 Å². The molecule has 2 rings (SSSR count). The summed E-state index contributed by atoms with van der Waals surface area (Å²) in [6, 6.07) is 3.58. The third-order valence-electron chi connectivity index (χ3n) is 3.42. The van der Waals surface area contributed by atoms with Gasteiger partial charge >= 0.3 is 0 Å². The van der Waals surface area contributed by atoms with Crippen LogP contribution in [0.2, 0.25) is 0 Å². The van der Waals surface area contributed by atoms with Gasteiger partial charge in [-0.2, -0.15) is 0 Å². The molecule has 102 valence electrons. The Labute approximate surface area is 111 Å². The predicted molar refractivity (Wildman–Crippen MR) is 70.9 cm³/mol. The Morgan fingerprint density at radius 1 is 1.32 bits per heavy atom. The molecule has 2 nitrogen and oxygen atoms in total. The number of anilines is 1. The van der Waals surface area contributed by atoms with E-state index >= 15 is 0 Å². The van der Waals surface area contributed by atoms with Crippen LogP contribution in [0.1, 0.15) is 26.2 Å². The molecule has 1 aliphatic carbocycles. The van der Waals surface area contributed by atoms with Crippen LogP contribution in [-0.2, 0) is 4.79 Å². The van der Waals surface area contributed by atoms with Crippen LogP contribution in [0.5, 0.6) is 0 Å². The second-order valence-electron chi connectivity index (χ2n) is 4.66. The number of carbonyl (C=O) groups excluding carboxylic acids is 1. The van der Waals surface area contributed by atoms with Gasteiger partial charge in [-0.3, -0.25) is 4.79 Å². The van der Waals surface area contributed by atoms with E-state index in [4.69, 9.17) is 0 Å². The predicted octanol–water partition coefficient (Wildman–Crippen LogP) is 3.67. The third-order valence-corrected chi connectivity index (χ3v) is 3.42. The van der Waals surface area contributed by atoms with Gasteiger partial charge in [0.25, 0.3) is 0 Å². The average Bonchev–Trinajstić information content (AvgIpc) is 2.44. The van der Waals surface area contributed by atoms with E-state index < -0.39 is 11.6 Å². The molecule has 0 aromatic heterocycles. The molecule has 4 heteroatoms. The summed E-state index contributed by atoms with van der Waals surface area (Å²) in [4.78, 5) is 13.9. The van der Waals surface area contributed by atoms with Gasteiger partial charge in [-0.05, 0) is 38.3 Å². The number of carbonyl (C=O) groups is 1. The fourth-order valence-electron chi connectivity index (χ4n) is 2.36. The van der Waals surface area contributed by atoms with E-state index in [-0.39, 0.29) is 11.8 Å². The maximum atomic E-state index is 13.3. The summed E-state index contributed by atoms with van der Waals surface area (Å²) in [6.45, 7) is 2.28. The minimum absolute atomic E-state index is 0.0159. The SMILES string of the molecule is CCN(C(=O)C1CC=CCC1)c1ccc(F)c(F)c1. The highest BCUT2D eigenvalue weighted by Crippen LogP contribution is 2.25. The summed E-state index contributed by atoms with van der Waals surface area (Å²) in [5.74, 6) is -1.89. The first-order valence-electron chi connectivity index (χ1n) is 6.55. The van der Waals surface area contributed by atoms with E-state index in [1.165, 1.54) is 11.0 Å². The lowest BCUT2D eigenvalue weighted by atomic mass is 9.93. The van der Waals surface area contributed by atoms with E-state index in [0.717, 1.165) is 31.4 Å². The Hall–Kier alpha value is -1.71. The fourth-order valence-corrected chi connectivity index (χ4v) is 2.36. The highest BCUT2D eigenvalue weighted by atomic mass is 19.2. The van der Waals surface area contributed by atoms with E-state index in [9.17, 15) is 13.6 Å². The smallest absolute Gasteiger partial charge is 0.230 e. The quantitative estimate of drug-likeness (QED) is 0.763. The van der Waals surface area contributed by atoms with Gasteiger partial charge in [0.15, 0.2) is 11.6 Å². The molecule has 1 aromatic rings. The van der Waals surface area contributed by atoms with E-state index in [1.807, 2.05) is 13.0 Å². The molecular weight excluding hydrogens is 248 g/mol. The number of allylic oxidation sites excluding steroid dienone is 2. The van der Waals surface area contributed by atoms with Crippen LogP contribution in [0.25, 0.3) is 0 Å². The fraction of sp³-hybridized carbons (Fsp3) is 0.400. The van der Waals surface area contributed by atoms with Crippen molar-refractivity contribution < 1.29 is 13.6 Å². The van der Waals surface area contributed by atoms with Crippen LogP contribution < -0.4 is 4.90 Å². The average molecular weight is 265 g/mol. The summed E-state index contributed by atoms with van der Waals surface area (Å²) in [5, 5.41) is 0. The number of amides is 1. The Morgan fingerprint density at radius 3 is 2.68 bits per heavy atom. The second kappa shape index (κ2) is 5.95. The molecule has 0 fully saturated rings. The second-order valence-corrected chi connectivity index (χ2v) is 4.66. The van der Waals surface area contributed by atoms with Crippen LogP contribution >= 0.6 is 0 Å². The van der Waals surface area contributed by atoms with Crippen LogP contribution in [0, 0.1) is 17.6 Å². The van der Waals surface area contributed by atoms with Crippen LogP contribution in [0.15, 0.2) is 30.4 Å². The normalized spacial score (nSPS) is 18.4. The van der Waals surface area contributed by atoms with Crippen molar-refractivity contribution in [2.45, 2.75) is 26.2 Å². The van der Waals surface area contributed by atoms with E-state index in [2.05, 4.69) is 6.08 Å². The van der Waals surface area contributed by atoms with Crippen molar-refractivity contribution >= 4 is 11.6 Å². The number of hydrogen-bond acceptors (Lipinski definition) is 1. The summed E-state index contributed by atoms with van der Waals surface area (Å²) >= 11 is 0. The lowest BCUT2D eigenvalue weighted by Crippen LogP contribution is -2.36. The Morgan fingerprint density at radius 2 is 2.11 bits per heavy atom. The van der Waals surface area contributed by atoms with Gasteiger partial charge in [0.05, 0.1) is 0 Å². The van der Waals surface area contributed by atoms with Gasteiger partial charge in [0.1, 0.15) is 0 Å². The molecule has 1 amide bonds. The molecule has 0 saturated carbocycles. The first-order chi connectivity index (χ1) is 9.13. The number of hydrogen-bond donors (Lipinski definition) is 0. The molecule has 0 bridgehead atoms. The highest BCUT2D eigenvalue weighted by molar-refractivity contribution is 5.95. The molecule has 0 heterocycles. The van der Waals surface area contributed by atoms with Crippen molar-refractivity contribution in [2.75, 3.05) is 11.4 Å². The van der Waals surface area contributed by atoms with Gasteiger partial charge in [-0.15, -0.1) is 0 Å². The molecule has 0 aliphatic heterocycles. The molecule has 1 unspecified atom stereocenters. The monoisotopic (exact) mass is 265 g/mol. The zero-order valence-corrected chi connectivity index (χ0v) is 10.9. The van der Waals surface area contributed by atoms with Gasteiger partial charge in [-0.1, -0.05) is 12.2 Å². The summed E-state index contributed by atoms with van der Waals surface area (Å²) in [5.41, 5.74) is 0.418. The molecule has 0 radical (unpaired) electrons. The maximum Gasteiger partial charge on any atom is 0.230 e. The molecule has 1 atom stereocenters. The minimum Gasteiger partial charge on any atom is -0.312 e. The topological polar surface area (TPSA) is 20.3 Å². The van der Waals surface area contributed by atoms with Crippen LogP contribution in [0.4, 0.5) is 14.5 Å². The van der Waals surface area contributed by atoms with Crippen molar-refractivity contribution in [2.24, 2.45) is 5.92 Å². The Bertz CT molecular complexity index is 499. The molecule has 19 heavy (non-hydrogen) atoms. The first-order valence-corrected chi connectivity index (χ1v) is 6.55. The molecule has 1 aromatic carbocycles. The standard InChI is InChI=1S/C15H17F2NO/c1-2-18(12-8-9-13(16)14(17)10-12)15(19)11-6-4-3-5-7-11/h3-4,8-11H,2,5-7H2,1H3.